The van der Waals surface area contributed by atoms with Gasteiger partial charge >= 0.3 is 5.97 Å². The van der Waals surface area contributed by atoms with Gasteiger partial charge in [0.05, 0.1) is 39.4 Å². The highest BCUT2D eigenvalue weighted by Gasteiger charge is 2.17. The van der Waals surface area contributed by atoms with Crippen LogP contribution in [-0.2, 0) is 16.1 Å². The normalized spacial score (nSPS) is 11.0. The first-order valence-electron chi connectivity index (χ1n) is 11.3. The summed E-state index contributed by atoms with van der Waals surface area (Å²) >= 11 is 0. The molecule has 4 aromatic rings. The molecule has 0 saturated carbocycles. The van der Waals surface area contributed by atoms with Crippen molar-refractivity contribution in [3.05, 3.63) is 81.0 Å². The Bertz CT molecular complexity index is 1500. The van der Waals surface area contributed by atoms with Crippen molar-refractivity contribution in [2.45, 2.75) is 41.2 Å². The number of amides is 1. The number of hydrogen-bond acceptors (Lipinski definition) is 6. The van der Waals surface area contributed by atoms with Crippen molar-refractivity contribution < 1.29 is 14.3 Å². The third-order valence-corrected chi connectivity index (χ3v) is 5.83. The van der Waals surface area contributed by atoms with Gasteiger partial charge in [-0.1, -0.05) is 17.7 Å². The Hall–Kier alpha value is -4.27. The topological polar surface area (TPSA) is 108 Å². The Morgan fingerprint density at radius 3 is 2.40 bits per heavy atom. The number of esters is 1. The third-order valence-electron chi connectivity index (χ3n) is 5.83. The van der Waals surface area contributed by atoms with Crippen LogP contribution in [0.15, 0.2) is 47.3 Å². The van der Waals surface area contributed by atoms with Crippen molar-refractivity contribution in [1.29, 1.82) is 0 Å². The van der Waals surface area contributed by atoms with Crippen molar-refractivity contribution in [3.63, 3.8) is 0 Å². The Labute approximate surface area is 202 Å². The zero-order valence-corrected chi connectivity index (χ0v) is 20.4. The maximum absolute atomic E-state index is 12.6. The second-order valence-electron chi connectivity index (χ2n) is 8.37. The molecule has 35 heavy (non-hydrogen) atoms. The van der Waals surface area contributed by atoms with Gasteiger partial charge < -0.3 is 14.6 Å². The van der Waals surface area contributed by atoms with Crippen LogP contribution in [0.1, 0.15) is 39.9 Å². The molecule has 0 saturated heterocycles. The second kappa shape index (κ2) is 9.54. The molecule has 0 spiro atoms. The van der Waals surface area contributed by atoms with E-state index in [4.69, 9.17) is 4.74 Å². The second-order valence-corrected chi connectivity index (χ2v) is 8.37. The molecule has 9 heteroatoms. The quantitative estimate of drug-likeness (QED) is 0.429. The molecule has 1 N–H and O–H groups in total. The van der Waals surface area contributed by atoms with E-state index in [0.29, 0.717) is 34.7 Å². The van der Waals surface area contributed by atoms with E-state index in [1.165, 1.54) is 0 Å². The lowest BCUT2D eigenvalue weighted by Crippen LogP contribution is -2.24. The zero-order valence-electron chi connectivity index (χ0n) is 20.4. The van der Waals surface area contributed by atoms with Crippen molar-refractivity contribution in [1.82, 2.24) is 19.3 Å². The fraction of sp³-hybridized carbons (Fsp3) is 0.269. The largest absolute Gasteiger partial charge is 0.452 e. The molecule has 0 radical (unpaired) electrons. The number of anilines is 1. The van der Waals surface area contributed by atoms with Gasteiger partial charge in [0.25, 0.3) is 11.5 Å². The Morgan fingerprint density at radius 1 is 1.00 bits per heavy atom. The van der Waals surface area contributed by atoms with E-state index < -0.39 is 18.5 Å². The van der Waals surface area contributed by atoms with E-state index in [2.05, 4.69) is 15.4 Å². The number of nitrogens with zero attached hydrogens (tertiary/aromatic N) is 4. The highest BCUT2D eigenvalue weighted by atomic mass is 16.5. The average molecular weight is 474 g/mol. The van der Waals surface area contributed by atoms with Crippen LogP contribution in [0.2, 0.25) is 0 Å². The van der Waals surface area contributed by atoms with Crippen LogP contribution in [0.3, 0.4) is 0 Å². The smallest absolute Gasteiger partial charge is 0.338 e. The van der Waals surface area contributed by atoms with Gasteiger partial charge in [0.2, 0.25) is 0 Å². The van der Waals surface area contributed by atoms with Gasteiger partial charge in [-0.05, 0) is 65.0 Å². The van der Waals surface area contributed by atoms with E-state index >= 15 is 0 Å². The fourth-order valence-corrected chi connectivity index (χ4v) is 3.97. The van der Waals surface area contributed by atoms with Crippen LogP contribution >= 0.6 is 0 Å². The minimum Gasteiger partial charge on any atom is -0.452 e. The zero-order chi connectivity index (χ0) is 25.3. The summed E-state index contributed by atoms with van der Waals surface area (Å²) in [5.41, 5.74) is 5.60. The lowest BCUT2D eigenvalue weighted by Gasteiger charge is -2.10. The summed E-state index contributed by atoms with van der Waals surface area (Å²) in [4.78, 5) is 41.7. The number of hydrogen-bond donors (Lipinski definition) is 1. The van der Waals surface area contributed by atoms with Crippen molar-refractivity contribution in [2.24, 2.45) is 0 Å². The maximum Gasteiger partial charge on any atom is 0.338 e. The maximum atomic E-state index is 12.6. The summed E-state index contributed by atoms with van der Waals surface area (Å²) in [6, 6.07) is 12.7. The summed E-state index contributed by atoms with van der Waals surface area (Å²) in [5, 5.41) is 7.32. The first-order chi connectivity index (χ1) is 16.7. The molecular weight excluding hydrogens is 446 g/mol. The average Bonchev–Trinajstić information content (AvgIpc) is 3.12. The van der Waals surface area contributed by atoms with E-state index in [9.17, 15) is 14.4 Å². The molecule has 0 atom stereocenters. The summed E-state index contributed by atoms with van der Waals surface area (Å²) in [7, 11) is 0. The molecule has 2 heterocycles. The Balaban J connectivity index is 1.46. The first-order valence-corrected chi connectivity index (χ1v) is 11.3. The van der Waals surface area contributed by atoms with E-state index in [0.717, 1.165) is 16.9 Å². The van der Waals surface area contributed by atoms with Gasteiger partial charge in [0.1, 0.15) is 5.69 Å². The van der Waals surface area contributed by atoms with Gasteiger partial charge in [0.15, 0.2) is 6.61 Å². The number of benzene rings is 2. The molecule has 0 aliphatic carbocycles. The van der Waals surface area contributed by atoms with Crippen molar-refractivity contribution >= 4 is 28.6 Å². The predicted molar refractivity (Wildman–Crippen MR) is 133 cm³/mol. The van der Waals surface area contributed by atoms with Crippen LogP contribution in [-0.4, -0.2) is 37.8 Å². The predicted octanol–water partition coefficient (Wildman–Crippen LogP) is 3.63. The summed E-state index contributed by atoms with van der Waals surface area (Å²) < 4.78 is 8.59. The molecule has 4 rings (SSSR count). The van der Waals surface area contributed by atoms with Gasteiger partial charge in [-0.25, -0.2) is 14.5 Å². The number of carbonyl (C=O) groups excluding carboxylic acids is 2. The van der Waals surface area contributed by atoms with Gasteiger partial charge in [-0.2, -0.15) is 5.10 Å². The number of aryl methyl sites for hydroxylation is 4. The van der Waals surface area contributed by atoms with Crippen LogP contribution < -0.4 is 10.9 Å². The number of fused-ring (bicyclic) bond motifs is 1. The summed E-state index contributed by atoms with van der Waals surface area (Å²) in [6.07, 6.45) is 0. The van der Waals surface area contributed by atoms with Gasteiger partial charge in [-0.15, -0.1) is 0 Å². The first kappa shape index (κ1) is 23.9. The van der Waals surface area contributed by atoms with Gasteiger partial charge in [-0.3, -0.25) is 9.59 Å². The standard InChI is InChI=1S/C26H27N5O4/c1-6-30-22-12-9-19(13-21(22)27-17(4)25(30)33)26(34)35-14-23(32)28-24-16(3)29-31(18(24)5)20-10-7-15(2)8-11-20/h7-13H,6,14H2,1-5H3,(H,28,32). The molecule has 0 aliphatic heterocycles. The van der Waals surface area contributed by atoms with E-state index in [1.807, 2.05) is 45.0 Å². The van der Waals surface area contributed by atoms with E-state index in [-0.39, 0.29) is 11.1 Å². The van der Waals surface area contributed by atoms with Crippen LogP contribution in [0.25, 0.3) is 16.7 Å². The molecule has 0 bridgehead atoms. The Morgan fingerprint density at radius 2 is 1.71 bits per heavy atom. The number of carbonyl (C=O) groups is 2. The highest BCUT2D eigenvalue weighted by molar-refractivity contribution is 5.97. The number of aromatic nitrogens is 4. The minimum atomic E-state index is -0.653. The number of rotatable bonds is 6. The molecule has 0 unspecified atom stereocenters. The molecule has 0 fully saturated rings. The SMILES string of the molecule is CCn1c(=O)c(C)nc2cc(C(=O)OCC(=O)Nc3c(C)nn(-c4ccc(C)cc4)c3C)ccc21. The van der Waals surface area contributed by atoms with E-state index in [1.54, 1.807) is 41.3 Å². The monoisotopic (exact) mass is 473 g/mol. The highest BCUT2D eigenvalue weighted by Crippen LogP contribution is 2.23. The Kier molecular flexibility index (Phi) is 6.50. The van der Waals surface area contributed by atoms with Crippen LogP contribution in [0.4, 0.5) is 5.69 Å². The van der Waals surface area contributed by atoms with Crippen molar-refractivity contribution in [2.75, 3.05) is 11.9 Å². The number of ether oxygens (including phenoxy) is 1. The van der Waals surface area contributed by atoms with Crippen molar-refractivity contribution in [3.8, 4) is 5.69 Å². The molecule has 1 amide bonds. The molecule has 2 aromatic heterocycles. The summed E-state index contributed by atoms with van der Waals surface area (Å²) in [5.74, 6) is -1.12. The third kappa shape index (κ3) is 4.70. The molecule has 2 aromatic carbocycles. The lowest BCUT2D eigenvalue weighted by molar-refractivity contribution is -0.119. The molecular formula is C26H27N5O4. The molecule has 180 valence electrons. The van der Waals surface area contributed by atoms with Crippen LogP contribution in [0.5, 0.6) is 0 Å². The summed E-state index contributed by atoms with van der Waals surface area (Å²) in [6.45, 7) is 9.22. The molecule has 9 nitrogen and oxygen atoms in total. The number of nitrogens with one attached hydrogen (secondary N) is 1. The fourth-order valence-electron chi connectivity index (χ4n) is 3.97. The minimum absolute atomic E-state index is 0.164. The molecule has 0 aliphatic rings. The van der Waals surface area contributed by atoms with Gasteiger partial charge in [0, 0.05) is 6.54 Å². The van der Waals surface area contributed by atoms with Crippen LogP contribution in [0, 0.1) is 27.7 Å². The lowest BCUT2D eigenvalue weighted by atomic mass is 10.2.